The van der Waals surface area contributed by atoms with Gasteiger partial charge >= 0.3 is 0 Å². The highest BCUT2D eigenvalue weighted by Gasteiger charge is 2.32. The topological polar surface area (TPSA) is 80.5 Å². The molecule has 1 saturated carbocycles. The maximum atomic E-state index is 12.0. The van der Waals surface area contributed by atoms with Crippen LogP contribution in [-0.4, -0.2) is 60.8 Å². The number of nitrogens with zero attached hydrogens (tertiary/aromatic N) is 3. The van der Waals surface area contributed by atoms with Crippen LogP contribution in [0.2, 0.25) is 0 Å². The van der Waals surface area contributed by atoms with Gasteiger partial charge in [0, 0.05) is 38.6 Å². The van der Waals surface area contributed by atoms with Crippen molar-refractivity contribution in [3.8, 4) is 0 Å². The largest absolute Gasteiger partial charge is 0.385 e. The van der Waals surface area contributed by atoms with Crippen molar-refractivity contribution in [1.29, 1.82) is 0 Å². The molecule has 2 aliphatic rings. The molecule has 1 aliphatic heterocycles. The lowest BCUT2D eigenvalue weighted by atomic mass is 9.97. The number of hydrogen-bond donors (Lipinski definition) is 1. The lowest BCUT2D eigenvalue weighted by Gasteiger charge is -2.30. The van der Waals surface area contributed by atoms with Gasteiger partial charge in [0.25, 0.3) is 0 Å². The first-order chi connectivity index (χ1) is 11.3. The van der Waals surface area contributed by atoms with E-state index >= 15 is 0 Å². The van der Waals surface area contributed by atoms with Crippen LogP contribution in [-0.2, 0) is 9.53 Å². The van der Waals surface area contributed by atoms with Crippen molar-refractivity contribution in [3.63, 3.8) is 0 Å². The average Bonchev–Trinajstić information content (AvgIpc) is 3.29. The summed E-state index contributed by atoms with van der Waals surface area (Å²) in [5.41, 5.74) is 0. The summed E-state index contributed by atoms with van der Waals surface area (Å²) in [5, 5.41) is 7.09. The van der Waals surface area contributed by atoms with Crippen molar-refractivity contribution in [3.05, 3.63) is 11.7 Å². The van der Waals surface area contributed by atoms with E-state index in [1.807, 2.05) is 0 Å². The summed E-state index contributed by atoms with van der Waals surface area (Å²) in [4.78, 5) is 18.7. The molecule has 1 saturated heterocycles. The first-order valence-electron chi connectivity index (χ1n) is 8.57. The van der Waals surface area contributed by atoms with Crippen LogP contribution in [0.5, 0.6) is 0 Å². The van der Waals surface area contributed by atoms with E-state index in [1.54, 1.807) is 7.11 Å². The molecular weight excluding hydrogens is 296 g/mol. The number of aromatic nitrogens is 2. The molecule has 1 aliphatic carbocycles. The van der Waals surface area contributed by atoms with Gasteiger partial charge in [-0.1, -0.05) is 5.16 Å². The summed E-state index contributed by atoms with van der Waals surface area (Å²) in [6, 6.07) is 0. The molecule has 7 nitrogen and oxygen atoms in total. The predicted octanol–water partition coefficient (Wildman–Crippen LogP) is 1.28. The van der Waals surface area contributed by atoms with Crippen molar-refractivity contribution in [2.24, 2.45) is 0 Å². The fraction of sp³-hybridized carbons (Fsp3) is 0.812. The van der Waals surface area contributed by atoms with Crippen LogP contribution in [0.1, 0.15) is 55.7 Å². The van der Waals surface area contributed by atoms with Gasteiger partial charge in [-0.15, -0.1) is 0 Å². The fourth-order valence-electron chi connectivity index (χ4n) is 3.02. The minimum Gasteiger partial charge on any atom is -0.385 e. The van der Waals surface area contributed by atoms with E-state index in [2.05, 4.69) is 20.4 Å². The second-order valence-corrected chi connectivity index (χ2v) is 6.54. The summed E-state index contributed by atoms with van der Waals surface area (Å²) >= 11 is 0. The molecule has 1 N–H and O–H groups in total. The van der Waals surface area contributed by atoms with Crippen molar-refractivity contribution < 1.29 is 14.1 Å². The van der Waals surface area contributed by atoms with E-state index in [4.69, 9.17) is 9.26 Å². The number of likely N-dealkylation sites (tertiary alicyclic amines) is 1. The van der Waals surface area contributed by atoms with Crippen LogP contribution in [0.3, 0.4) is 0 Å². The summed E-state index contributed by atoms with van der Waals surface area (Å²) in [5.74, 6) is 2.47. The first-order valence-corrected chi connectivity index (χ1v) is 8.57. The Bertz CT molecular complexity index is 515. The van der Waals surface area contributed by atoms with E-state index in [1.165, 1.54) is 12.8 Å². The van der Waals surface area contributed by atoms with Gasteiger partial charge in [0.2, 0.25) is 11.8 Å². The maximum Gasteiger partial charge on any atom is 0.234 e. The van der Waals surface area contributed by atoms with Gasteiger partial charge in [-0.05, 0) is 38.6 Å². The maximum absolute atomic E-state index is 12.0. The van der Waals surface area contributed by atoms with E-state index < -0.39 is 0 Å². The van der Waals surface area contributed by atoms with Crippen LogP contribution >= 0.6 is 0 Å². The Morgan fingerprint density at radius 2 is 2.26 bits per heavy atom. The molecule has 1 atom stereocenters. The summed E-state index contributed by atoms with van der Waals surface area (Å²) in [6.07, 6.45) is 5.31. The lowest BCUT2D eigenvalue weighted by molar-refractivity contribution is -0.122. The van der Waals surface area contributed by atoms with Crippen LogP contribution < -0.4 is 5.32 Å². The number of rotatable bonds is 8. The molecule has 1 amide bonds. The quantitative estimate of drug-likeness (QED) is 0.726. The fourth-order valence-corrected chi connectivity index (χ4v) is 3.02. The summed E-state index contributed by atoms with van der Waals surface area (Å²) in [6.45, 7) is 3.56. The molecule has 1 unspecified atom stereocenters. The number of ether oxygens (including phenoxy) is 1. The number of carbonyl (C=O) groups is 1. The molecule has 128 valence electrons. The van der Waals surface area contributed by atoms with Crippen LogP contribution in [0, 0.1) is 0 Å². The number of carbonyl (C=O) groups excluding carboxylic acids is 1. The Morgan fingerprint density at radius 3 is 3.04 bits per heavy atom. The van der Waals surface area contributed by atoms with Gasteiger partial charge in [0.05, 0.1) is 6.54 Å². The SMILES string of the molecule is COCCCNC(=O)CN1CCCC(c2noc(C3CC3)n2)C1. The predicted molar refractivity (Wildman–Crippen MR) is 84.2 cm³/mol. The van der Waals surface area contributed by atoms with Crippen molar-refractivity contribution in [2.75, 3.05) is 39.9 Å². The van der Waals surface area contributed by atoms with Crippen LogP contribution in [0.15, 0.2) is 4.52 Å². The Balaban J connectivity index is 1.44. The Kier molecular flexibility index (Phi) is 5.61. The summed E-state index contributed by atoms with van der Waals surface area (Å²) in [7, 11) is 1.67. The zero-order chi connectivity index (χ0) is 16.1. The van der Waals surface area contributed by atoms with Gasteiger partial charge in [-0.3, -0.25) is 9.69 Å². The number of amides is 1. The van der Waals surface area contributed by atoms with Gasteiger partial charge in [0.1, 0.15) is 0 Å². The molecule has 1 aromatic rings. The van der Waals surface area contributed by atoms with Crippen molar-refractivity contribution in [2.45, 2.75) is 43.9 Å². The third-order valence-electron chi connectivity index (χ3n) is 4.47. The van der Waals surface area contributed by atoms with Gasteiger partial charge in [-0.25, -0.2) is 0 Å². The van der Waals surface area contributed by atoms with Crippen LogP contribution in [0.4, 0.5) is 0 Å². The smallest absolute Gasteiger partial charge is 0.234 e. The molecule has 7 heteroatoms. The second kappa shape index (κ2) is 7.88. The normalized spacial score (nSPS) is 22.2. The van der Waals surface area contributed by atoms with Gasteiger partial charge in [-0.2, -0.15) is 4.98 Å². The van der Waals surface area contributed by atoms with Crippen molar-refractivity contribution in [1.82, 2.24) is 20.4 Å². The lowest BCUT2D eigenvalue weighted by Crippen LogP contribution is -2.42. The Hall–Kier alpha value is -1.47. The molecular formula is C16H26N4O3. The third-order valence-corrected chi connectivity index (χ3v) is 4.47. The number of piperidine rings is 1. The minimum atomic E-state index is 0.0773. The molecule has 2 fully saturated rings. The molecule has 0 aromatic carbocycles. The van der Waals surface area contributed by atoms with E-state index in [9.17, 15) is 4.79 Å². The van der Waals surface area contributed by atoms with Gasteiger partial charge in [0.15, 0.2) is 5.82 Å². The summed E-state index contributed by atoms with van der Waals surface area (Å²) < 4.78 is 10.3. The Morgan fingerprint density at radius 1 is 1.39 bits per heavy atom. The highest BCUT2D eigenvalue weighted by atomic mass is 16.5. The minimum absolute atomic E-state index is 0.0773. The van der Waals surface area contributed by atoms with Gasteiger partial charge < -0.3 is 14.6 Å². The zero-order valence-corrected chi connectivity index (χ0v) is 13.8. The average molecular weight is 322 g/mol. The molecule has 2 heterocycles. The van der Waals surface area contributed by atoms with Crippen molar-refractivity contribution >= 4 is 5.91 Å². The molecule has 1 aromatic heterocycles. The molecule has 0 radical (unpaired) electrons. The number of hydrogen-bond acceptors (Lipinski definition) is 6. The highest BCUT2D eigenvalue weighted by molar-refractivity contribution is 5.77. The van der Waals surface area contributed by atoms with E-state index in [-0.39, 0.29) is 11.8 Å². The number of nitrogens with one attached hydrogen (secondary N) is 1. The van der Waals surface area contributed by atoms with E-state index in [0.29, 0.717) is 25.6 Å². The standard InChI is InChI=1S/C16H26N4O3/c1-22-9-3-7-17-14(21)11-20-8-2-4-13(10-20)15-18-16(23-19-15)12-5-6-12/h12-13H,2-11H2,1H3,(H,17,21). The highest BCUT2D eigenvalue weighted by Crippen LogP contribution is 2.39. The van der Waals surface area contributed by atoms with E-state index in [0.717, 1.165) is 44.1 Å². The monoisotopic (exact) mass is 322 g/mol. The second-order valence-electron chi connectivity index (χ2n) is 6.54. The van der Waals surface area contributed by atoms with Crippen LogP contribution in [0.25, 0.3) is 0 Å². The molecule has 0 spiro atoms. The molecule has 0 bridgehead atoms. The molecule has 3 rings (SSSR count). The Labute approximate surface area is 136 Å². The zero-order valence-electron chi connectivity index (χ0n) is 13.8. The first kappa shape index (κ1) is 16.4. The molecule has 23 heavy (non-hydrogen) atoms. The third kappa shape index (κ3) is 4.75. The number of methoxy groups -OCH3 is 1.